The van der Waals surface area contributed by atoms with Gasteiger partial charge in [0.1, 0.15) is 11.2 Å². The summed E-state index contributed by atoms with van der Waals surface area (Å²) in [7, 11) is 0. The lowest BCUT2D eigenvalue weighted by Crippen LogP contribution is -2.44. The van der Waals surface area contributed by atoms with Gasteiger partial charge < -0.3 is 4.57 Å². The van der Waals surface area contributed by atoms with Crippen LogP contribution in [0.4, 0.5) is 0 Å². The third-order valence-corrected chi connectivity index (χ3v) is 4.43. The van der Waals surface area contributed by atoms with E-state index in [0.29, 0.717) is 29.9 Å². The molecule has 0 radical (unpaired) electrons. The summed E-state index contributed by atoms with van der Waals surface area (Å²) in [5.41, 5.74) is -0.335. The summed E-state index contributed by atoms with van der Waals surface area (Å²) in [6.07, 6.45) is 5.86. The Balaban J connectivity index is 1.60. The second-order valence-corrected chi connectivity index (χ2v) is 6.17. The molecule has 3 heterocycles. The van der Waals surface area contributed by atoms with Gasteiger partial charge in [-0.15, -0.1) is 5.10 Å². The first kappa shape index (κ1) is 15.9. The van der Waals surface area contributed by atoms with Crippen molar-refractivity contribution < 1.29 is 0 Å². The number of rotatable bonds is 4. The van der Waals surface area contributed by atoms with Gasteiger partial charge in [-0.3, -0.25) is 19.1 Å². The fourth-order valence-corrected chi connectivity index (χ4v) is 2.76. The van der Waals surface area contributed by atoms with E-state index < -0.39 is 16.7 Å². The molecule has 0 aliphatic heterocycles. The van der Waals surface area contributed by atoms with Gasteiger partial charge in [-0.2, -0.15) is 10.4 Å². The average Bonchev–Trinajstić information content (AvgIpc) is 3.48. The minimum atomic E-state index is -0.848. The van der Waals surface area contributed by atoms with Gasteiger partial charge >= 0.3 is 11.1 Å². The van der Waals surface area contributed by atoms with Crippen molar-refractivity contribution in [3.63, 3.8) is 0 Å². The lowest BCUT2D eigenvalue weighted by Gasteiger charge is -2.11. The first-order chi connectivity index (χ1) is 12.6. The second kappa shape index (κ2) is 6.04. The van der Waals surface area contributed by atoms with Gasteiger partial charge in [0.2, 0.25) is 0 Å². The molecular weight excluding hydrogens is 332 g/mol. The van der Waals surface area contributed by atoms with Gasteiger partial charge in [0.25, 0.3) is 0 Å². The van der Waals surface area contributed by atoms with Crippen LogP contribution in [-0.4, -0.2) is 24.3 Å². The molecule has 8 heteroatoms. The fourth-order valence-electron chi connectivity index (χ4n) is 2.76. The third-order valence-electron chi connectivity index (χ3n) is 4.43. The van der Waals surface area contributed by atoms with Crippen molar-refractivity contribution in [1.29, 1.82) is 5.26 Å². The molecule has 1 aliphatic rings. The minimum Gasteiger partial charge on any atom is -0.303 e. The molecule has 0 unspecified atom stereocenters. The predicted octanol–water partition coefficient (Wildman–Crippen LogP) is 0.923. The molecule has 0 spiro atoms. The average molecular weight is 346 g/mol. The van der Waals surface area contributed by atoms with Gasteiger partial charge in [-0.25, -0.2) is 0 Å². The van der Waals surface area contributed by atoms with E-state index in [9.17, 15) is 14.9 Å². The molecule has 8 nitrogen and oxygen atoms in total. The molecule has 3 aromatic rings. The van der Waals surface area contributed by atoms with Crippen LogP contribution in [0.25, 0.3) is 11.4 Å². The number of pyridine rings is 1. The van der Waals surface area contributed by atoms with Gasteiger partial charge in [-0.1, -0.05) is 6.07 Å². The third kappa shape index (κ3) is 2.69. The summed E-state index contributed by atoms with van der Waals surface area (Å²) in [5.74, 6) is 0. The highest BCUT2D eigenvalue weighted by molar-refractivity contribution is 5.52. The smallest absolute Gasteiger partial charge is 0.303 e. The molecule has 0 aromatic carbocycles. The Bertz CT molecular complexity index is 1110. The second-order valence-electron chi connectivity index (χ2n) is 6.17. The SMILES string of the molecule is N#CC1(n2ccn(Cc3ccc(-c4ccccn4)nn3)c(=O)c2=O)CC1. The zero-order valence-corrected chi connectivity index (χ0v) is 13.7. The highest BCUT2D eigenvalue weighted by Crippen LogP contribution is 2.41. The van der Waals surface area contributed by atoms with Crippen LogP contribution in [0.1, 0.15) is 18.5 Å². The number of aromatic nitrogens is 5. The summed E-state index contributed by atoms with van der Waals surface area (Å²) in [6, 6.07) is 11.1. The Morgan fingerprint density at radius 1 is 1.04 bits per heavy atom. The Morgan fingerprint density at radius 3 is 2.50 bits per heavy atom. The molecule has 4 rings (SSSR count). The molecule has 0 N–H and O–H groups in total. The molecule has 3 aromatic heterocycles. The van der Waals surface area contributed by atoms with Crippen molar-refractivity contribution in [2.75, 3.05) is 0 Å². The molecule has 0 saturated heterocycles. The van der Waals surface area contributed by atoms with Crippen molar-refractivity contribution in [2.45, 2.75) is 24.9 Å². The summed E-state index contributed by atoms with van der Waals surface area (Å²) < 4.78 is 2.51. The number of hydrogen-bond donors (Lipinski definition) is 0. The summed E-state index contributed by atoms with van der Waals surface area (Å²) >= 11 is 0. The largest absolute Gasteiger partial charge is 0.317 e. The van der Waals surface area contributed by atoms with Crippen molar-refractivity contribution in [3.05, 3.63) is 75.3 Å². The molecule has 0 bridgehead atoms. The monoisotopic (exact) mass is 346 g/mol. The topological polar surface area (TPSA) is 106 Å². The van der Waals surface area contributed by atoms with Crippen LogP contribution >= 0.6 is 0 Å². The standard InChI is InChI=1S/C18H14N6O2/c19-12-18(6-7-18)24-10-9-23(16(25)17(24)26)11-13-4-5-15(22-21-13)14-3-1-2-8-20-14/h1-5,8-10H,6-7,11H2. The van der Waals surface area contributed by atoms with E-state index in [-0.39, 0.29) is 6.54 Å². The van der Waals surface area contributed by atoms with Crippen LogP contribution < -0.4 is 11.1 Å². The van der Waals surface area contributed by atoms with E-state index in [1.54, 1.807) is 18.3 Å². The van der Waals surface area contributed by atoms with Crippen LogP contribution in [0, 0.1) is 11.3 Å². The Morgan fingerprint density at radius 2 is 1.88 bits per heavy atom. The zero-order valence-electron chi connectivity index (χ0n) is 13.7. The Labute approximate surface area is 148 Å². The first-order valence-electron chi connectivity index (χ1n) is 8.11. The van der Waals surface area contributed by atoms with E-state index in [0.717, 1.165) is 0 Å². The lowest BCUT2D eigenvalue weighted by atomic mass is 10.2. The molecule has 128 valence electrons. The van der Waals surface area contributed by atoms with Crippen LogP contribution in [0.2, 0.25) is 0 Å². The molecule has 1 aliphatic carbocycles. The fraction of sp³-hybridized carbons (Fsp3) is 0.222. The highest BCUT2D eigenvalue weighted by atomic mass is 16.2. The summed E-state index contributed by atoms with van der Waals surface area (Å²) in [6.45, 7) is 0.129. The highest BCUT2D eigenvalue weighted by Gasteiger charge is 2.46. The zero-order chi connectivity index (χ0) is 18.1. The van der Waals surface area contributed by atoms with E-state index in [1.165, 1.54) is 21.5 Å². The van der Waals surface area contributed by atoms with Crippen LogP contribution in [0.15, 0.2) is 58.5 Å². The molecular formula is C18H14N6O2. The molecule has 0 amide bonds. The van der Waals surface area contributed by atoms with E-state index in [2.05, 4.69) is 21.3 Å². The van der Waals surface area contributed by atoms with E-state index in [1.807, 2.05) is 18.2 Å². The van der Waals surface area contributed by atoms with E-state index >= 15 is 0 Å². The van der Waals surface area contributed by atoms with Crippen molar-refractivity contribution in [2.24, 2.45) is 0 Å². The minimum absolute atomic E-state index is 0.129. The van der Waals surface area contributed by atoms with Crippen molar-refractivity contribution in [3.8, 4) is 17.5 Å². The van der Waals surface area contributed by atoms with E-state index in [4.69, 9.17) is 0 Å². The van der Waals surface area contributed by atoms with Crippen LogP contribution in [0.5, 0.6) is 0 Å². The number of hydrogen-bond acceptors (Lipinski definition) is 6. The maximum absolute atomic E-state index is 12.3. The van der Waals surface area contributed by atoms with Crippen molar-refractivity contribution >= 4 is 0 Å². The predicted molar refractivity (Wildman–Crippen MR) is 92.1 cm³/mol. The quantitative estimate of drug-likeness (QED) is 0.650. The van der Waals surface area contributed by atoms with Gasteiger partial charge in [0, 0.05) is 18.6 Å². The molecule has 0 atom stereocenters. The first-order valence-corrected chi connectivity index (χ1v) is 8.11. The van der Waals surface area contributed by atoms with Crippen LogP contribution in [-0.2, 0) is 12.1 Å². The molecule has 1 saturated carbocycles. The Kier molecular flexibility index (Phi) is 3.69. The Hall–Kier alpha value is -3.60. The van der Waals surface area contributed by atoms with Gasteiger partial charge in [0.05, 0.1) is 24.0 Å². The molecule has 1 fully saturated rings. The number of nitrogens with zero attached hydrogens (tertiary/aromatic N) is 6. The van der Waals surface area contributed by atoms with Gasteiger partial charge in [-0.05, 0) is 37.1 Å². The maximum atomic E-state index is 12.3. The summed E-state index contributed by atoms with van der Waals surface area (Å²) in [4.78, 5) is 28.8. The van der Waals surface area contributed by atoms with Crippen LogP contribution in [0.3, 0.4) is 0 Å². The maximum Gasteiger partial charge on any atom is 0.317 e. The van der Waals surface area contributed by atoms with Crippen molar-refractivity contribution in [1.82, 2.24) is 24.3 Å². The molecule has 26 heavy (non-hydrogen) atoms. The van der Waals surface area contributed by atoms with Gasteiger partial charge in [0.15, 0.2) is 0 Å². The summed E-state index contributed by atoms with van der Waals surface area (Å²) in [5, 5.41) is 17.4. The number of nitriles is 1. The lowest BCUT2D eigenvalue weighted by molar-refractivity contribution is 0.555. The normalized spacial score (nSPS) is 14.6.